The Balaban J connectivity index is 2.06. The smallest absolute Gasteiger partial charge is 0.145 e. The van der Waals surface area contributed by atoms with Gasteiger partial charge in [-0.1, -0.05) is 35.3 Å². The summed E-state index contributed by atoms with van der Waals surface area (Å²) in [7, 11) is 1.64. The molecule has 94 valence electrons. The topological polar surface area (TPSA) is 34.1 Å². The molecule has 0 amide bonds. The summed E-state index contributed by atoms with van der Waals surface area (Å²) in [4.78, 5) is 4.13. The van der Waals surface area contributed by atoms with Gasteiger partial charge in [0.25, 0.3) is 0 Å². The highest BCUT2D eigenvalue weighted by molar-refractivity contribution is 6.35. The molecule has 2 aromatic rings. The van der Waals surface area contributed by atoms with E-state index >= 15 is 0 Å². The van der Waals surface area contributed by atoms with Gasteiger partial charge in [0.2, 0.25) is 0 Å². The first-order valence-corrected chi connectivity index (χ1v) is 6.12. The Bertz CT molecular complexity index is 546. The summed E-state index contributed by atoms with van der Waals surface area (Å²) in [5.41, 5.74) is 1.09. The normalized spacial score (nSPS) is 10.2. The Labute approximate surface area is 116 Å². The molecule has 0 aliphatic carbocycles. The summed E-state index contributed by atoms with van der Waals surface area (Å²) >= 11 is 11.8. The fourth-order valence-corrected chi connectivity index (χ4v) is 1.96. The zero-order valence-electron chi connectivity index (χ0n) is 9.78. The minimum Gasteiger partial charge on any atom is -0.497 e. The highest BCUT2D eigenvalue weighted by atomic mass is 35.5. The fraction of sp³-hybridized carbons (Fsp3) is 0.154. The van der Waals surface area contributed by atoms with Crippen LogP contribution in [0.3, 0.4) is 0 Å². The molecule has 1 heterocycles. The molecule has 0 spiro atoms. The second-order valence-corrected chi connectivity index (χ2v) is 4.53. The molecule has 0 aliphatic rings. The number of hydrogen-bond donors (Lipinski definition) is 1. The van der Waals surface area contributed by atoms with Crippen molar-refractivity contribution in [3.05, 3.63) is 52.1 Å². The highest BCUT2D eigenvalue weighted by Gasteiger charge is 2.03. The van der Waals surface area contributed by atoms with E-state index in [0.717, 1.165) is 11.3 Å². The van der Waals surface area contributed by atoms with Crippen LogP contribution in [0.4, 0.5) is 5.82 Å². The molecule has 0 saturated heterocycles. The molecule has 3 nitrogen and oxygen atoms in total. The lowest BCUT2D eigenvalue weighted by Crippen LogP contribution is -2.02. The maximum atomic E-state index is 6.02. The van der Waals surface area contributed by atoms with Gasteiger partial charge in [-0.05, 0) is 23.8 Å². The number of rotatable bonds is 4. The summed E-state index contributed by atoms with van der Waals surface area (Å²) in [6.07, 6.45) is 1.56. The Morgan fingerprint density at radius 1 is 1.28 bits per heavy atom. The second kappa shape index (κ2) is 5.94. The predicted octanol–water partition coefficient (Wildman–Crippen LogP) is 4.01. The molecular formula is C13H12Cl2N2O. The van der Waals surface area contributed by atoms with Crippen LogP contribution < -0.4 is 10.1 Å². The summed E-state index contributed by atoms with van der Waals surface area (Å²) in [5.74, 6) is 1.44. The quantitative estimate of drug-likeness (QED) is 0.920. The first-order chi connectivity index (χ1) is 8.69. The van der Waals surface area contributed by atoms with E-state index in [1.54, 1.807) is 19.4 Å². The van der Waals surface area contributed by atoms with Crippen molar-refractivity contribution in [2.75, 3.05) is 12.4 Å². The van der Waals surface area contributed by atoms with Gasteiger partial charge in [0, 0.05) is 12.7 Å². The molecule has 0 bridgehead atoms. The Morgan fingerprint density at radius 3 is 2.83 bits per heavy atom. The Morgan fingerprint density at radius 2 is 2.11 bits per heavy atom. The molecule has 0 unspecified atom stereocenters. The number of nitrogens with zero attached hydrogens (tertiary/aromatic N) is 1. The molecule has 0 saturated carbocycles. The van der Waals surface area contributed by atoms with Crippen molar-refractivity contribution in [1.82, 2.24) is 4.98 Å². The molecule has 18 heavy (non-hydrogen) atoms. The number of hydrogen-bond acceptors (Lipinski definition) is 3. The van der Waals surface area contributed by atoms with Crippen molar-refractivity contribution in [2.45, 2.75) is 6.54 Å². The summed E-state index contributed by atoms with van der Waals surface area (Å²) in [6, 6.07) is 9.45. The molecule has 1 aromatic carbocycles. The molecule has 0 radical (unpaired) electrons. The van der Waals surface area contributed by atoms with Crippen molar-refractivity contribution >= 4 is 29.0 Å². The highest BCUT2D eigenvalue weighted by Crippen LogP contribution is 2.23. The van der Waals surface area contributed by atoms with Crippen LogP contribution in [0, 0.1) is 0 Å². The Kier molecular flexibility index (Phi) is 4.28. The van der Waals surface area contributed by atoms with E-state index in [9.17, 15) is 0 Å². The molecule has 0 fully saturated rings. The minimum absolute atomic E-state index is 0.505. The number of pyridine rings is 1. The standard InChI is InChI=1S/C13H12Cl2N2O/c1-18-11-4-2-3-9(5-11)7-16-13-12(15)6-10(14)8-17-13/h2-6,8H,7H2,1H3,(H,16,17). The third-order valence-electron chi connectivity index (χ3n) is 2.40. The SMILES string of the molecule is COc1cccc(CNc2ncc(Cl)cc2Cl)c1. The van der Waals surface area contributed by atoms with E-state index in [1.165, 1.54) is 0 Å². The van der Waals surface area contributed by atoms with Crippen LogP contribution in [0.15, 0.2) is 36.5 Å². The second-order valence-electron chi connectivity index (χ2n) is 3.69. The summed E-state index contributed by atoms with van der Waals surface area (Å²) < 4.78 is 5.16. The van der Waals surface area contributed by atoms with Crippen LogP contribution in [0.25, 0.3) is 0 Å². The van der Waals surface area contributed by atoms with Crippen LogP contribution in [-0.4, -0.2) is 12.1 Å². The first-order valence-electron chi connectivity index (χ1n) is 5.37. The van der Waals surface area contributed by atoms with Crippen LogP contribution in [-0.2, 0) is 6.54 Å². The van der Waals surface area contributed by atoms with Gasteiger partial charge in [0.1, 0.15) is 11.6 Å². The summed E-state index contributed by atoms with van der Waals surface area (Å²) in [6.45, 7) is 0.617. The third-order valence-corrected chi connectivity index (χ3v) is 2.90. The maximum absolute atomic E-state index is 6.02. The molecular weight excluding hydrogens is 271 g/mol. The predicted molar refractivity (Wildman–Crippen MR) is 74.6 cm³/mol. The number of halogens is 2. The lowest BCUT2D eigenvalue weighted by atomic mass is 10.2. The number of nitrogens with one attached hydrogen (secondary N) is 1. The number of methoxy groups -OCH3 is 1. The van der Waals surface area contributed by atoms with Crippen LogP contribution in [0.5, 0.6) is 5.75 Å². The van der Waals surface area contributed by atoms with Crippen LogP contribution in [0.1, 0.15) is 5.56 Å². The van der Waals surface area contributed by atoms with Gasteiger partial charge < -0.3 is 10.1 Å². The van der Waals surface area contributed by atoms with Gasteiger partial charge in [-0.15, -0.1) is 0 Å². The zero-order valence-corrected chi connectivity index (χ0v) is 11.3. The number of benzene rings is 1. The van der Waals surface area contributed by atoms with Gasteiger partial charge in [0.15, 0.2) is 0 Å². The van der Waals surface area contributed by atoms with Gasteiger partial charge >= 0.3 is 0 Å². The van der Waals surface area contributed by atoms with E-state index < -0.39 is 0 Å². The van der Waals surface area contributed by atoms with E-state index in [-0.39, 0.29) is 0 Å². The van der Waals surface area contributed by atoms with Gasteiger partial charge in [0.05, 0.1) is 17.2 Å². The summed E-state index contributed by atoms with van der Waals surface area (Å²) in [5, 5.41) is 4.18. The fourth-order valence-electron chi connectivity index (χ4n) is 1.51. The van der Waals surface area contributed by atoms with E-state index in [2.05, 4.69) is 10.3 Å². The minimum atomic E-state index is 0.505. The number of ether oxygens (including phenoxy) is 1. The van der Waals surface area contributed by atoms with Crippen molar-refractivity contribution in [3.63, 3.8) is 0 Å². The van der Waals surface area contributed by atoms with Crippen LogP contribution in [0.2, 0.25) is 10.0 Å². The van der Waals surface area contributed by atoms with Crippen LogP contribution >= 0.6 is 23.2 Å². The molecule has 5 heteroatoms. The molecule has 1 aromatic heterocycles. The van der Waals surface area contributed by atoms with Crippen molar-refractivity contribution in [2.24, 2.45) is 0 Å². The monoisotopic (exact) mass is 282 g/mol. The molecule has 1 N–H and O–H groups in total. The molecule has 0 atom stereocenters. The van der Waals surface area contributed by atoms with E-state index in [4.69, 9.17) is 27.9 Å². The molecule has 0 aliphatic heterocycles. The average Bonchev–Trinajstić information content (AvgIpc) is 2.38. The Hall–Kier alpha value is -1.45. The van der Waals surface area contributed by atoms with Gasteiger partial charge in [-0.25, -0.2) is 4.98 Å². The van der Waals surface area contributed by atoms with E-state index in [1.807, 2.05) is 24.3 Å². The van der Waals surface area contributed by atoms with Crippen molar-refractivity contribution in [1.29, 1.82) is 0 Å². The average molecular weight is 283 g/mol. The van der Waals surface area contributed by atoms with E-state index in [0.29, 0.717) is 22.4 Å². The third kappa shape index (κ3) is 3.28. The largest absolute Gasteiger partial charge is 0.497 e. The van der Waals surface area contributed by atoms with Crippen molar-refractivity contribution < 1.29 is 4.74 Å². The van der Waals surface area contributed by atoms with Gasteiger partial charge in [-0.2, -0.15) is 0 Å². The number of aromatic nitrogens is 1. The molecule has 2 rings (SSSR count). The zero-order chi connectivity index (χ0) is 13.0. The van der Waals surface area contributed by atoms with Crippen molar-refractivity contribution in [3.8, 4) is 5.75 Å². The van der Waals surface area contributed by atoms with Gasteiger partial charge in [-0.3, -0.25) is 0 Å². The lowest BCUT2D eigenvalue weighted by Gasteiger charge is -2.08. The number of anilines is 1. The first kappa shape index (κ1) is 13.0. The maximum Gasteiger partial charge on any atom is 0.145 e. The lowest BCUT2D eigenvalue weighted by molar-refractivity contribution is 0.414.